The van der Waals surface area contributed by atoms with Crippen LogP contribution in [0, 0.1) is 11.3 Å². The highest BCUT2D eigenvalue weighted by atomic mass is 32.2. The topological polar surface area (TPSA) is 79.0 Å². The summed E-state index contributed by atoms with van der Waals surface area (Å²) < 4.78 is 55.3. The summed E-state index contributed by atoms with van der Waals surface area (Å²) in [6.07, 6.45) is -2.00. The Labute approximate surface area is 170 Å². The van der Waals surface area contributed by atoms with Gasteiger partial charge in [-0.1, -0.05) is 18.2 Å². The summed E-state index contributed by atoms with van der Waals surface area (Å²) in [6, 6.07) is 11.0. The second kappa shape index (κ2) is 7.93. The van der Waals surface area contributed by atoms with Crippen molar-refractivity contribution >= 4 is 26.2 Å². The van der Waals surface area contributed by atoms with Crippen LogP contribution in [0.4, 0.5) is 18.3 Å². The molecule has 0 fully saturated rings. The lowest BCUT2D eigenvalue weighted by atomic mass is 10.1. The molecule has 0 aliphatic carbocycles. The molecule has 0 aliphatic rings. The fraction of sp³-hybridized carbons (Fsp3) is 0.211. The van der Waals surface area contributed by atoms with Gasteiger partial charge in [0.25, 0.3) is 0 Å². The Kier molecular flexibility index (Phi) is 5.73. The van der Waals surface area contributed by atoms with Crippen LogP contribution in [0.25, 0.3) is 11.3 Å². The third kappa shape index (κ3) is 4.81. The van der Waals surface area contributed by atoms with Gasteiger partial charge in [0.1, 0.15) is 5.69 Å². The van der Waals surface area contributed by atoms with E-state index in [1.807, 2.05) is 6.07 Å². The van der Waals surface area contributed by atoms with E-state index < -0.39 is 26.8 Å². The first kappa shape index (κ1) is 21.0. The molecule has 0 amide bonds. The molecule has 0 bridgehead atoms. The van der Waals surface area contributed by atoms with Crippen molar-refractivity contribution in [2.45, 2.75) is 18.3 Å². The fourth-order valence-corrected chi connectivity index (χ4v) is 4.78. The molecule has 0 aliphatic heterocycles. The van der Waals surface area contributed by atoms with Gasteiger partial charge >= 0.3 is 6.18 Å². The van der Waals surface area contributed by atoms with Gasteiger partial charge in [-0.3, -0.25) is 4.98 Å². The van der Waals surface area contributed by atoms with Crippen LogP contribution < -0.4 is 0 Å². The molecular weight excluding hydrogens is 421 g/mol. The van der Waals surface area contributed by atoms with Crippen molar-refractivity contribution < 1.29 is 17.4 Å². The first-order valence-electron chi connectivity index (χ1n) is 8.30. The third-order valence-electron chi connectivity index (χ3n) is 4.26. The molecule has 29 heavy (non-hydrogen) atoms. The highest BCUT2D eigenvalue weighted by Crippen LogP contribution is 2.32. The molecule has 2 heterocycles. The van der Waals surface area contributed by atoms with E-state index in [0.29, 0.717) is 22.0 Å². The predicted molar refractivity (Wildman–Crippen MR) is 106 cm³/mol. The molecule has 0 N–H and O–H groups in total. The van der Waals surface area contributed by atoms with Crippen molar-refractivity contribution in [3.63, 3.8) is 0 Å². The number of pyridine rings is 1. The Balaban J connectivity index is 1.86. The standard InChI is InChI=1S/C19H15F3N4OS2/c1-12(15-7-8-17(24-10-15)19(20,21)22)29(2,27)26-18-25-16(11-28-18)14-5-3-13(9-23)4-6-14/h3-8,10-12H,1-2H3. The molecule has 2 atom stereocenters. The summed E-state index contributed by atoms with van der Waals surface area (Å²) in [5.41, 5.74) is 1.36. The fourth-order valence-electron chi connectivity index (χ4n) is 2.45. The van der Waals surface area contributed by atoms with Crippen LogP contribution >= 0.6 is 11.3 Å². The molecule has 0 saturated carbocycles. The predicted octanol–water partition coefficient (Wildman–Crippen LogP) is 5.59. The molecule has 0 spiro atoms. The Morgan fingerprint density at radius 1 is 1.21 bits per heavy atom. The smallest absolute Gasteiger partial charge is 0.251 e. The van der Waals surface area contributed by atoms with Gasteiger partial charge in [0.15, 0.2) is 0 Å². The second-order valence-corrected chi connectivity index (χ2v) is 9.72. The monoisotopic (exact) mass is 436 g/mol. The van der Waals surface area contributed by atoms with E-state index in [1.165, 1.54) is 23.7 Å². The number of thiazole rings is 1. The van der Waals surface area contributed by atoms with Crippen LogP contribution in [0.5, 0.6) is 0 Å². The van der Waals surface area contributed by atoms with Crippen LogP contribution in [0.1, 0.15) is 29.0 Å². The van der Waals surface area contributed by atoms with Gasteiger partial charge in [0.05, 0.1) is 32.3 Å². The normalized spacial score (nSPS) is 14.6. The minimum absolute atomic E-state index is 0.309. The zero-order valence-electron chi connectivity index (χ0n) is 15.3. The lowest BCUT2D eigenvalue weighted by Crippen LogP contribution is -2.11. The van der Waals surface area contributed by atoms with E-state index in [1.54, 1.807) is 36.6 Å². The number of hydrogen-bond donors (Lipinski definition) is 0. The quantitative estimate of drug-likeness (QED) is 0.534. The minimum atomic E-state index is -4.53. The van der Waals surface area contributed by atoms with Crippen LogP contribution in [0.3, 0.4) is 0 Å². The van der Waals surface area contributed by atoms with E-state index in [9.17, 15) is 17.4 Å². The van der Waals surface area contributed by atoms with E-state index >= 15 is 0 Å². The molecule has 0 radical (unpaired) electrons. The zero-order chi connectivity index (χ0) is 21.2. The number of nitrogens with zero attached hydrogens (tertiary/aromatic N) is 4. The molecule has 3 aromatic rings. The molecule has 0 saturated heterocycles. The number of rotatable bonds is 4. The number of halogens is 3. The maximum absolute atomic E-state index is 13.1. The maximum atomic E-state index is 13.1. The van der Waals surface area contributed by atoms with Crippen molar-refractivity contribution in [3.8, 4) is 17.3 Å². The zero-order valence-corrected chi connectivity index (χ0v) is 17.0. The minimum Gasteiger partial charge on any atom is -0.251 e. The number of aromatic nitrogens is 2. The number of alkyl halides is 3. The molecule has 2 unspecified atom stereocenters. The summed E-state index contributed by atoms with van der Waals surface area (Å²) in [7, 11) is -2.84. The summed E-state index contributed by atoms with van der Waals surface area (Å²) in [5, 5.41) is 10.3. The van der Waals surface area contributed by atoms with Gasteiger partial charge in [-0.2, -0.15) is 22.8 Å². The van der Waals surface area contributed by atoms with Crippen molar-refractivity contribution in [3.05, 3.63) is 64.8 Å². The first-order valence-corrected chi connectivity index (χ1v) is 11.2. The highest BCUT2D eigenvalue weighted by Gasteiger charge is 2.32. The molecule has 2 aromatic heterocycles. The average molecular weight is 436 g/mol. The molecule has 150 valence electrons. The first-order chi connectivity index (χ1) is 13.6. The number of hydrogen-bond acceptors (Lipinski definition) is 6. The summed E-state index contributed by atoms with van der Waals surface area (Å²) in [5.74, 6) is 0. The Bertz CT molecular complexity index is 1170. The van der Waals surface area contributed by atoms with E-state index in [2.05, 4.69) is 14.3 Å². The molecule has 1 aromatic carbocycles. The number of nitriles is 1. The number of benzene rings is 1. The van der Waals surface area contributed by atoms with Crippen LogP contribution in [-0.2, 0) is 15.9 Å². The Morgan fingerprint density at radius 2 is 1.90 bits per heavy atom. The molecular formula is C19H15F3N4OS2. The second-order valence-electron chi connectivity index (χ2n) is 6.27. The Morgan fingerprint density at radius 3 is 2.45 bits per heavy atom. The van der Waals surface area contributed by atoms with Gasteiger partial charge in [-0.15, -0.1) is 11.3 Å². The lowest BCUT2D eigenvalue weighted by molar-refractivity contribution is -0.141. The van der Waals surface area contributed by atoms with E-state index in [0.717, 1.165) is 17.8 Å². The van der Waals surface area contributed by atoms with Crippen LogP contribution in [0.2, 0.25) is 0 Å². The molecule has 3 rings (SSSR count). The SMILES string of the molecule is CC(c1ccc(C(F)(F)F)nc1)S(C)(=O)=Nc1nc(-c2ccc(C#N)cc2)cs1. The van der Waals surface area contributed by atoms with Gasteiger partial charge in [-0.05, 0) is 30.7 Å². The maximum Gasteiger partial charge on any atom is 0.433 e. The van der Waals surface area contributed by atoms with Crippen molar-refractivity contribution in [1.82, 2.24) is 9.97 Å². The van der Waals surface area contributed by atoms with Gasteiger partial charge in [0.2, 0.25) is 5.13 Å². The average Bonchev–Trinajstić information content (AvgIpc) is 3.14. The van der Waals surface area contributed by atoms with E-state index in [-0.39, 0.29) is 0 Å². The van der Waals surface area contributed by atoms with E-state index in [4.69, 9.17) is 5.26 Å². The molecule has 10 heteroatoms. The van der Waals surface area contributed by atoms with Gasteiger partial charge in [0, 0.05) is 23.4 Å². The molecule has 5 nitrogen and oxygen atoms in total. The van der Waals surface area contributed by atoms with Crippen LogP contribution in [0.15, 0.2) is 52.3 Å². The van der Waals surface area contributed by atoms with Gasteiger partial charge in [-0.25, -0.2) is 9.19 Å². The lowest BCUT2D eigenvalue weighted by Gasteiger charge is -2.14. The highest BCUT2D eigenvalue weighted by molar-refractivity contribution is 7.93. The third-order valence-corrected chi connectivity index (χ3v) is 7.23. The van der Waals surface area contributed by atoms with Crippen molar-refractivity contribution in [1.29, 1.82) is 5.26 Å². The largest absolute Gasteiger partial charge is 0.433 e. The Hall–Kier alpha value is -2.77. The summed E-state index contributed by atoms with van der Waals surface area (Å²) in [6.45, 7) is 1.63. The van der Waals surface area contributed by atoms with Crippen LogP contribution in [-0.4, -0.2) is 20.4 Å². The van der Waals surface area contributed by atoms with Gasteiger partial charge < -0.3 is 0 Å². The van der Waals surface area contributed by atoms with Crippen molar-refractivity contribution in [2.75, 3.05) is 6.26 Å². The van der Waals surface area contributed by atoms with Crippen molar-refractivity contribution in [2.24, 2.45) is 4.36 Å². The summed E-state index contributed by atoms with van der Waals surface area (Å²) in [4.78, 5) is 7.79. The summed E-state index contributed by atoms with van der Waals surface area (Å²) >= 11 is 1.21.